The van der Waals surface area contributed by atoms with Crippen molar-refractivity contribution in [2.24, 2.45) is 0 Å². The van der Waals surface area contributed by atoms with Crippen molar-refractivity contribution in [2.45, 2.75) is 19.8 Å². The molecule has 0 atom stereocenters. The van der Waals surface area contributed by atoms with Crippen molar-refractivity contribution in [1.82, 2.24) is 0 Å². The van der Waals surface area contributed by atoms with E-state index < -0.39 is 5.97 Å². The van der Waals surface area contributed by atoms with E-state index in [1.54, 1.807) is 12.2 Å². The van der Waals surface area contributed by atoms with Crippen LogP contribution in [-0.4, -0.2) is 34.5 Å². The van der Waals surface area contributed by atoms with Crippen LogP contribution in [0.3, 0.4) is 0 Å². The molecule has 0 aliphatic heterocycles. The van der Waals surface area contributed by atoms with Crippen molar-refractivity contribution in [2.75, 3.05) is 13.2 Å². The maximum Gasteiger partial charge on any atom is 0.300 e. The fourth-order valence-electron chi connectivity index (χ4n) is 0.577. The fourth-order valence-corrected chi connectivity index (χ4v) is 0.577. The molecule has 0 rings (SSSR count). The average Bonchev–Trinajstić information content (AvgIpc) is 2.10. The van der Waals surface area contributed by atoms with Gasteiger partial charge in [0.25, 0.3) is 5.97 Å². The van der Waals surface area contributed by atoms with Crippen molar-refractivity contribution in [3.63, 3.8) is 0 Å². The van der Waals surface area contributed by atoms with E-state index in [2.05, 4.69) is 0 Å². The Morgan fingerprint density at radius 2 is 1.29 bits per heavy atom. The van der Waals surface area contributed by atoms with Gasteiger partial charge in [-0.05, 0) is 12.8 Å². The molecular weight excluding hydrogens is 184 g/mol. The number of allylic oxidation sites excluding steroid dienone is 2. The molecule has 4 nitrogen and oxygen atoms in total. The number of hydrogen-bond acceptors (Lipinski definition) is 3. The lowest BCUT2D eigenvalue weighted by Crippen LogP contribution is -1.78. The summed E-state index contributed by atoms with van der Waals surface area (Å²) in [5.74, 6) is -0.833. The highest BCUT2D eigenvalue weighted by Crippen LogP contribution is 1.91. The van der Waals surface area contributed by atoms with Gasteiger partial charge in [0.1, 0.15) is 0 Å². The first-order valence-electron chi connectivity index (χ1n) is 4.36. The van der Waals surface area contributed by atoms with Gasteiger partial charge < -0.3 is 15.3 Å². The number of unbranched alkanes of at least 4 members (excludes halogenated alkanes) is 1. The minimum absolute atomic E-state index is 0.115. The highest BCUT2D eigenvalue weighted by atomic mass is 16.4. The maximum atomic E-state index is 9.00. The molecule has 3 N–H and O–H groups in total. The number of hydrogen-bond donors (Lipinski definition) is 3. The van der Waals surface area contributed by atoms with Crippen LogP contribution in [0.2, 0.25) is 0 Å². The lowest BCUT2D eigenvalue weighted by atomic mass is 10.3. The van der Waals surface area contributed by atoms with Crippen molar-refractivity contribution in [1.29, 1.82) is 0 Å². The van der Waals surface area contributed by atoms with Gasteiger partial charge in [-0.2, -0.15) is 0 Å². The zero-order chi connectivity index (χ0) is 11.2. The molecule has 0 aliphatic rings. The topological polar surface area (TPSA) is 77.8 Å². The second-order valence-corrected chi connectivity index (χ2v) is 2.40. The van der Waals surface area contributed by atoms with Gasteiger partial charge in [-0.25, -0.2) is 0 Å². The third kappa shape index (κ3) is 30.7. The zero-order valence-electron chi connectivity index (χ0n) is 8.39. The molecule has 0 unspecified atom stereocenters. The number of carboxylic acids is 1. The molecule has 14 heavy (non-hydrogen) atoms. The lowest BCUT2D eigenvalue weighted by Gasteiger charge is -1.84. The molecule has 0 spiro atoms. The number of carboxylic acid groups (broad SMARTS) is 1. The van der Waals surface area contributed by atoms with Gasteiger partial charge >= 0.3 is 0 Å². The van der Waals surface area contributed by atoms with Gasteiger partial charge in [-0.15, -0.1) is 0 Å². The predicted molar refractivity (Wildman–Crippen MR) is 55.0 cm³/mol. The number of aliphatic carboxylic acids is 1. The Kier molecular flexibility index (Phi) is 15.8. The summed E-state index contributed by atoms with van der Waals surface area (Å²) in [5, 5.41) is 24.1. The van der Waals surface area contributed by atoms with Gasteiger partial charge in [0, 0.05) is 6.92 Å². The van der Waals surface area contributed by atoms with E-state index >= 15 is 0 Å². The highest BCUT2D eigenvalue weighted by molar-refractivity contribution is 5.62. The molecule has 0 amide bonds. The largest absolute Gasteiger partial charge is 0.481 e. The van der Waals surface area contributed by atoms with Crippen molar-refractivity contribution in [3.05, 3.63) is 24.3 Å². The summed E-state index contributed by atoms with van der Waals surface area (Å²) in [4.78, 5) is 9.00. The molecular formula is C10H18O4. The Morgan fingerprint density at radius 3 is 1.50 bits per heavy atom. The molecule has 82 valence electrons. The SMILES string of the molecule is CC(=O)O.OCC=CCCC=CCO. The van der Waals surface area contributed by atoms with Crippen LogP contribution in [0.15, 0.2) is 24.3 Å². The number of rotatable bonds is 5. The summed E-state index contributed by atoms with van der Waals surface area (Å²) in [5.41, 5.74) is 0. The monoisotopic (exact) mass is 202 g/mol. The standard InChI is InChI=1S/C8H14O2.C2H4O2/c9-7-5-3-1-2-4-6-8-10;1-2(3)4/h3-6,9-10H,1-2,7-8H2;1H3,(H,3,4). The van der Waals surface area contributed by atoms with Crippen LogP contribution in [0.5, 0.6) is 0 Å². The molecule has 0 aromatic rings. The van der Waals surface area contributed by atoms with Gasteiger partial charge in [-0.1, -0.05) is 24.3 Å². The first kappa shape index (κ1) is 15.3. The molecule has 0 saturated heterocycles. The van der Waals surface area contributed by atoms with Crippen molar-refractivity contribution >= 4 is 5.97 Å². The molecule has 0 aromatic heterocycles. The highest BCUT2D eigenvalue weighted by Gasteiger charge is 1.74. The third-order valence-corrected chi connectivity index (χ3v) is 1.04. The molecule has 0 aromatic carbocycles. The van der Waals surface area contributed by atoms with Crippen molar-refractivity contribution < 1.29 is 20.1 Å². The Bertz CT molecular complexity index is 155. The molecule has 0 aliphatic carbocycles. The first-order valence-corrected chi connectivity index (χ1v) is 4.36. The molecule has 0 heterocycles. The van der Waals surface area contributed by atoms with Crippen LogP contribution in [0.4, 0.5) is 0 Å². The van der Waals surface area contributed by atoms with Crippen LogP contribution in [0, 0.1) is 0 Å². The summed E-state index contributed by atoms with van der Waals surface area (Å²) < 4.78 is 0. The Labute approximate surface area is 84.2 Å². The van der Waals surface area contributed by atoms with Crippen LogP contribution >= 0.6 is 0 Å². The minimum atomic E-state index is -0.833. The average molecular weight is 202 g/mol. The molecule has 0 saturated carbocycles. The number of carbonyl (C=O) groups is 1. The molecule has 0 radical (unpaired) electrons. The van der Waals surface area contributed by atoms with Crippen LogP contribution in [0.1, 0.15) is 19.8 Å². The van der Waals surface area contributed by atoms with Gasteiger partial charge in [0.2, 0.25) is 0 Å². The van der Waals surface area contributed by atoms with Crippen LogP contribution in [0.25, 0.3) is 0 Å². The van der Waals surface area contributed by atoms with E-state index in [0.29, 0.717) is 0 Å². The maximum absolute atomic E-state index is 9.00. The van der Waals surface area contributed by atoms with Crippen LogP contribution in [-0.2, 0) is 4.79 Å². The van der Waals surface area contributed by atoms with E-state index in [0.717, 1.165) is 19.8 Å². The first-order chi connectivity index (χ1) is 6.65. The Hall–Kier alpha value is -1.13. The van der Waals surface area contributed by atoms with E-state index in [1.807, 2.05) is 12.2 Å². The van der Waals surface area contributed by atoms with Gasteiger partial charge in [0.15, 0.2) is 0 Å². The normalized spacial score (nSPS) is 10.2. The second kappa shape index (κ2) is 14.4. The Morgan fingerprint density at radius 1 is 1.00 bits per heavy atom. The van der Waals surface area contributed by atoms with E-state index in [9.17, 15) is 0 Å². The minimum Gasteiger partial charge on any atom is -0.481 e. The quantitative estimate of drug-likeness (QED) is 0.458. The summed E-state index contributed by atoms with van der Waals surface area (Å²) in [6, 6.07) is 0. The predicted octanol–water partition coefficient (Wildman–Crippen LogP) is 0.955. The smallest absolute Gasteiger partial charge is 0.300 e. The summed E-state index contributed by atoms with van der Waals surface area (Å²) in [6.07, 6.45) is 9.12. The van der Waals surface area contributed by atoms with Crippen molar-refractivity contribution in [3.8, 4) is 0 Å². The third-order valence-electron chi connectivity index (χ3n) is 1.04. The molecule has 0 bridgehead atoms. The lowest BCUT2D eigenvalue weighted by molar-refractivity contribution is -0.134. The fraction of sp³-hybridized carbons (Fsp3) is 0.500. The molecule has 0 fully saturated rings. The summed E-state index contributed by atoms with van der Waals surface area (Å²) in [6.45, 7) is 1.31. The van der Waals surface area contributed by atoms with Crippen LogP contribution < -0.4 is 0 Å². The Balaban J connectivity index is 0. The number of aliphatic hydroxyl groups is 2. The summed E-state index contributed by atoms with van der Waals surface area (Å²) in [7, 11) is 0. The van der Waals surface area contributed by atoms with E-state index in [4.69, 9.17) is 20.1 Å². The van der Waals surface area contributed by atoms with E-state index in [-0.39, 0.29) is 13.2 Å². The van der Waals surface area contributed by atoms with E-state index in [1.165, 1.54) is 0 Å². The summed E-state index contributed by atoms with van der Waals surface area (Å²) >= 11 is 0. The number of aliphatic hydroxyl groups excluding tert-OH is 2. The molecule has 4 heteroatoms. The van der Waals surface area contributed by atoms with Gasteiger partial charge in [-0.3, -0.25) is 4.79 Å². The second-order valence-electron chi connectivity index (χ2n) is 2.40. The zero-order valence-corrected chi connectivity index (χ0v) is 8.39. The van der Waals surface area contributed by atoms with Gasteiger partial charge in [0.05, 0.1) is 13.2 Å².